The fourth-order valence-corrected chi connectivity index (χ4v) is 0.313. The van der Waals surface area contributed by atoms with Crippen molar-refractivity contribution in [3.63, 3.8) is 0 Å². The van der Waals surface area contributed by atoms with E-state index in [2.05, 4.69) is 16.6 Å². The molecule has 0 saturated heterocycles. The molecule has 0 heterocycles. The first-order chi connectivity index (χ1) is 3.81. The summed E-state index contributed by atoms with van der Waals surface area (Å²) in [6, 6.07) is 0. The van der Waals surface area contributed by atoms with Crippen LogP contribution in [0.25, 0.3) is 0 Å². The van der Waals surface area contributed by atoms with E-state index in [0.29, 0.717) is 0 Å². The minimum Gasteiger partial charge on any atom is -0.399 e. The molecule has 0 radical (unpaired) electrons. The monoisotopic (exact) mass is 131 g/mol. The lowest BCUT2D eigenvalue weighted by Crippen LogP contribution is -1.74. The van der Waals surface area contributed by atoms with Crippen molar-refractivity contribution < 1.29 is 4.84 Å². The molecule has 0 aliphatic carbocycles. The van der Waals surface area contributed by atoms with E-state index in [9.17, 15) is 0 Å². The molecule has 0 bridgehead atoms. The van der Waals surface area contributed by atoms with Gasteiger partial charge in [-0.05, 0) is 6.26 Å². The van der Waals surface area contributed by atoms with Crippen molar-refractivity contribution in [3.8, 4) is 0 Å². The molecule has 0 aromatic rings. The summed E-state index contributed by atoms with van der Waals surface area (Å²) in [5.41, 5.74) is 0. The van der Waals surface area contributed by atoms with Crippen molar-refractivity contribution in [1.82, 2.24) is 0 Å². The highest BCUT2D eigenvalue weighted by molar-refractivity contribution is 8.03. The summed E-state index contributed by atoms with van der Waals surface area (Å²) in [4.78, 5) is 5.30. The maximum absolute atomic E-state index is 4.41. The van der Waals surface area contributed by atoms with E-state index >= 15 is 0 Å². The Kier molecular flexibility index (Phi) is 4.45. The van der Waals surface area contributed by atoms with Gasteiger partial charge in [0.1, 0.15) is 7.11 Å². The van der Waals surface area contributed by atoms with Crippen molar-refractivity contribution >= 4 is 18.0 Å². The average Bonchev–Trinajstić information content (AvgIpc) is 1.83. The van der Waals surface area contributed by atoms with E-state index in [1.165, 1.54) is 7.11 Å². The minimum absolute atomic E-state index is 0.895. The molecule has 3 heteroatoms. The molecule has 0 aromatic carbocycles. The summed E-state index contributed by atoms with van der Waals surface area (Å²) < 4.78 is 0. The molecule has 46 valence electrons. The zero-order chi connectivity index (χ0) is 6.41. The Hall–Kier alpha value is -0.440. The molecule has 0 aromatic heterocycles. The Labute approximate surface area is 53.6 Å². The second kappa shape index (κ2) is 4.71. The summed E-state index contributed by atoms with van der Waals surface area (Å²) in [7, 11) is 1.50. The predicted octanol–water partition coefficient (Wildman–Crippen LogP) is 1.50. The standard InChI is InChI=1S/C5H9NOS/c1-5(8-3)4-6-7-2/h4H,1H2,2-3H3. The van der Waals surface area contributed by atoms with Gasteiger partial charge in [-0.2, -0.15) is 0 Å². The second-order valence-electron chi connectivity index (χ2n) is 1.09. The van der Waals surface area contributed by atoms with Crippen LogP contribution in [0, 0.1) is 0 Å². The lowest BCUT2D eigenvalue weighted by atomic mass is 10.7. The Morgan fingerprint density at radius 3 is 2.88 bits per heavy atom. The van der Waals surface area contributed by atoms with Crippen molar-refractivity contribution in [2.24, 2.45) is 5.16 Å². The largest absolute Gasteiger partial charge is 0.399 e. The van der Waals surface area contributed by atoms with Crippen LogP contribution in [-0.4, -0.2) is 19.6 Å². The lowest BCUT2D eigenvalue weighted by Gasteiger charge is -1.87. The van der Waals surface area contributed by atoms with E-state index < -0.39 is 0 Å². The molecule has 0 aliphatic heterocycles. The van der Waals surface area contributed by atoms with Gasteiger partial charge in [0.2, 0.25) is 0 Å². The zero-order valence-corrected chi connectivity index (χ0v) is 5.86. The maximum Gasteiger partial charge on any atom is 0.106 e. The fourth-order valence-electron chi connectivity index (χ4n) is 0.164. The molecular weight excluding hydrogens is 122 g/mol. The normalized spacial score (nSPS) is 9.75. The highest BCUT2D eigenvalue weighted by atomic mass is 32.2. The SMILES string of the molecule is C=C(C=NOC)SC. The molecule has 0 rings (SSSR count). The van der Waals surface area contributed by atoms with Gasteiger partial charge in [0, 0.05) is 4.91 Å². The summed E-state index contributed by atoms with van der Waals surface area (Å²) in [5.74, 6) is 0. The van der Waals surface area contributed by atoms with Crippen LogP contribution in [0.1, 0.15) is 0 Å². The number of rotatable bonds is 3. The van der Waals surface area contributed by atoms with Gasteiger partial charge >= 0.3 is 0 Å². The summed E-state index contributed by atoms with van der Waals surface area (Å²) in [6.45, 7) is 3.64. The zero-order valence-electron chi connectivity index (χ0n) is 5.05. The van der Waals surface area contributed by atoms with Gasteiger partial charge < -0.3 is 4.84 Å². The van der Waals surface area contributed by atoms with Crippen molar-refractivity contribution in [1.29, 1.82) is 0 Å². The van der Waals surface area contributed by atoms with Crippen LogP contribution in [0.2, 0.25) is 0 Å². The molecule has 0 amide bonds. The van der Waals surface area contributed by atoms with Gasteiger partial charge in [0.15, 0.2) is 0 Å². The van der Waals surface area contributed by atoms with Crippen LogP contribution in [0.3, 0.4) is 0 Å². The van der Waals surface area contributed by atoms with Crippen LogP contribution in [0.5, 0.6) is 0 Å². The second-order valence-corrected chi connectivity index (χ2v) is 2.02. The summed E-state index contributed by atoms with van der Waals surface area (Å²) in [5, 5.41) is 3.50. The van der Waals surface area contributed by atoms with Crippen molar-refractivity contribution in [2.45, 2.75) is 0 Å². The van der Waals surface area contributed by atoms with E-state index in [1.54, 1.807) is 18.0 Å². The molecule has 0 aliphatic rings. The van der Waals surface area contributed by atoms with Gasteiger partial charge in [-0.15, -0.1) is 11.8 Å². The number of thioether (sulfide) groups is 1. The topological polar surface area (TPSA) is 21.6 Å². The van der Waals surface area contributed by atoms with E-state index in [0.717, 1.165) is 4.91 Å². The van der Waals surface area contributed by atoms with Crippen molar-refractivity contribution in [2.75, 3.05) is 13.4 Å². The van der Waals surface area contributed by atoms with E-state index in [4.69, 9.17) is 0 Å². The predicted molar refractivity (Wildman–Crippen MR) is 38.2 cm³/mol. The Balaban J connectivity index is 3.37. The van der Waals surface area contributed by atoms with Crippen LogP contribution in [0.15, 0.2) is 16.6 Å². The smallest absolute Gasteiger partial charge is 0.106 e. The summed E-state index contributed by atoms with van der Waals surface area (Å²) in [6.07, 6.45) is 3.51. The third-order valence-corrected chi connectivity index (χ3v) is 1.19. The van der Waals surface area contributed by atoms with Crippen LogP contribution in [-0.2, 0) is 4.84 Å². The van der Waals surface area contributed by atoms with E-state index in [1.807, 2.05) is 6.26 Å². The molecule has 0 saturated carbocycles. The molecule has 0 unspecified atom stereocenters. The first-order valence-corrected chi connectivity index (χ1v) is 3.33. The van der Waals surface area contributed by atoms with E-state index in [-0.39, 0.29) is 0 Å². The van der Waals surface area contributed by atoms with Gasteiger partial charge in [0.25, 0.3) is 0 Å². The minimum atomic E-state index is 0.895. The van der Waals surface area contributed by atoms with Crippen molar-refractivity contribution in [3.05, 3.63) is 11.5 Å². The fraction of sp³-hybridized carbons (Fsp3) is 0.400. The molecule has 0 atom stereocenters. The Morgan fingerprint density at radius 2 is 2.50 bits per heavy atom. The number of oxime groups is 1. The van der Waals surface area contributed by atoms with Crippen LogP contribution >= 0.6 is 11.8 Å². The number of allylic oxidation sites excluding steroid dienone is 1. The Morgan fingerprint density at radius 1 is 1.88 bits per heavy atom. The number of hydrogen-bond acceptors (Lipinski definition) is 3. The molecular formula is C5H9NOS. The molecule has 0 N–H and O–H groups in total. The van der Waals surface area contributed by atoms with Gasteiger partial charge in [0.05, 0.1) is 6.21 Å². The van der Waals surface area contributed by atoms with Crippen LogP contribution < -0.4 is 0 Å². The number of nitrogens with zero attached hydrogens (tertiary/aromatic N) is 1. The maximum atomic E-state index is 4.41. The van der Waals surface area contributed by atoms with Gasteiger partial charge in [-0.1, -0.05) is 11.7 Å². The highest BCUT2D eigenvalue weighted by Gasteiger charge is 1.79. The third-order valence-electron chi connectivity index (χ3n) is 0.564. The van der Waals surface area contributed by atoms with Gasteiger partial charge in [-0.25, -0.2) is 0 Å². The average molecular weight is 131 g/mol. The quantitative estimate of drug-likeness (QED) is 0.427. The third kappa shape index (κ3) is 3.74. The lowest BCUT2D eigenvalue weighted by molar-refractivity contribution is 0.215. The first-order valence-electron chi connectivity index (χ1n) is 2.10. The molecule has 2 nitrogen and oxygen atoms in total. The number of hydrogen-bond donors (Lipinski definition) is 0. The first kappa shape index (κ1) is 7.56. The molecule has 0 fully saturated rings. The Bertz CT molecular complexity index is 101. The van der Waals surface area contributed by atoms with Crippen LogP contribution in [0.4, 0.5) is 0 Å². The summed E-state index contributed by atoms with van der Waals surface area (Å²) >= 11 is 1.54. The molecule has 8 heavy (non-hydrogen) atoms. The highest BCUT2D eigenvalue weighted by Crippen LogP contribution is 2.03. The molecule has 0 spiro atoms. The van der Waals surface area contributed by atoms with Gasteiger partial charge in [-0.3, -0.25) is 0 Å².